The molecule has 0 spiro atoms. The Hall–Kier alpha value is -3.54. The van der Waals surface area contributed by atoms with Crippen molar-refractivity contribution in [1.29, 1.82) is 0 Å². The zero-order valence-electron chi connectivity index (χ0n) is 16.3. The number of hydrogen-bond acceptors (Lipinski definition) is 4. The fourth-order valence-corrected chi connectivity index (χ4v) is 2.97. The molecule has 0 aliphatic rings. The van der Waals surface area contributed by atoms with Crippen molar-refractivity contribution in [3.63, 3.8) is 0 Å². The van der Waals surface area contributed by atoms with Crippen LogP contribution in [0, 0.1) is 0 Å². The van der Waals surface area contributed by atoms with Gasteiger partial charge in [0.1, 0.15) is 18.1 Å². The summed E-state index contributed by atoms with van der Waals surface area (Å²) < 4.78 is 10.7. The normalized spacial score (nSPS) is 10.4. The van der Waals surface area contributed by atoms with Crippen LogP contribution in [0.25, 0.3) is 10.8 Å². The Balaban J connectivity index is 1.38. The lowest BCUT2D eigenvalue weighted by molar-refractivity contribution is -0.125. The van der Waals surface area contributed by atoms with Gasteiger partial charge in [-0.05, 0) is 28.5 Å². The van der Waals surface area contributed by atoms with Crippen molar-refractivity contribution in [1.82, 2.24) is 10.6 Å². The molecule has 150 valence electrons. The predicted molar refractivity (Wildman–Crippen MR) is 112 cm³/mol. The molecule has 0 atom stereocenters. The van der Waals surface area contributed by atoms with E-state index in [2.05, 4.69) is 10.6 Å². The van der Waals surface area contributed by atoms with Gasteiger partial charge in [-0.2, -0.15) is 0 Å². The van der Waals surface area contributed by atoms with Crippen LogP contribution in [0.1, 0.15) is 5.56 Å². The molecule has 0 aromatic heterocycles. The molecule has 0 radical (unpaired) electrons. The molecule has 0 saturated heterocycles. The topological polar surface area (TPSA) is 76.7 Å². The summed E-state index contributed by atoms with van der Waals surface area (Å²) in [6, 6.07) is 21.0. The highest BCUT2D eigenvalue weighted by Crippen LogP contribution is 2.19. The molecule has 3 aromatic rings. The highest BCUT2D eigenvalue weighted by molar-refractivity contribution is 5.91. The van der Waals surface area contributed by atoms with Crippen molar-refractivity contribution in [3.8, 4) is 11.5 Å². The number of methoxy groups -OCH3 is 1. The van der Waals surface area contributed by atoms with E-state index in [1.54, 1.807) is 13.2 Å². The maximum absolute atomic E-state index is 12.2. The summed E-state index contributed by atoms with van der Waals surface area (Å²) in [5.74, 6) is 0.928. The molecule has 0 bridgehead atoms. The second-order valence-corrected chi connectivity index (χ2v) is 6.47. The van der Waals surface area contributed by atoms with E-state index in [9.17, 15) is 9.59 Å². The van der Waals surface area contributed by atoms with Gasteiger partial charge in [0.2, 0.25) is 11.8 Å². The molecule has 0 aliphatic carbocycles. The zero-order valence-corrected chi connectivity index (χ0v) is 16.3. The van der Waals surface area contributed by atoms with E-state index >= 15 is 0 Å². The average Bonchev–Trinajstić information content (AvgIpc) is 2.76. The third-order valence-corrected chi connectivity index (χ3v) is 4.41. The Morgan fingerprint density at radius 2 is 1.62 bits per heavy atom. The molecule has 0 saturated carbocycles. The number of fused-ring (bicyclic) bond motifs is 1. The van der Waals surface area contributed by atoms with Crippen molar-refractivity contribution in [2.45, 2.75) is 6.42 Å². The number of amides is 2. The standard InChI is InChI=1S/C23H24N2O4/c1-28-19-9-5-10-20(15-19)29-13-12-24-23(27)16-25-22(26)14-18-8-4-7-17-6-2-3-11-21(17)18/h2-11,15H,12-14,16H2,1H3,(H,24,27)(H,25,26). The fourth-order valence-electron chi connectivity index (χ4n) is 2.97. The summed E-state index contributed by atoms with van der Waals surface area (Å²) in [6.07, 6.45) is 0.230. The molecule has 2 amide bonds. The molecule has 3 aromatic carbocycles. The molecule has 0 heterocycles. The minimum absolute atomic E-state index is 0.0667. The van der Waals surface area contributed by atoms with Crippen LogP contribution in [0.4, 0.5) is 0 Å². The molecule has 0 fully saturated rings. The van der Waals surface area contributed by atoms with E-state index in [0.717, 1.165) is 16.3 Å². The summed E-state index contributed by atoms with van der Waals surface area (Å²) in [7, 11) is 1.59. The van der Waals surface area contributed by atoms with Gasteiger partial charge in [-0.15, -0.1) is 0 Å². The lowest BCUT2D eigenvalue weighted by Crippen LogP contribution is -2.39. The van der Waals surface area contributed by atoms with Crippen molar-refractivity contribution in [2.75, 3.05) is 26.8 Å². The van der Waals surface area contributed by atoms with Gasteiger partial charge < -0.3 is 20.1 Å². The predicted octanol–water partition coefficient (Wildman–Crippen LogP) is 2.70. The average molecular weight is 392 g/mol. The Bertz CT molecular complexity index is 982. The number of hydrogen-bond donors (Lipinski definition) is 2. The number of nitrogens with one attached hydrogen (secondary N) is 2. The number of rotatable bonds is 9. The van der Waals surface area contributed by atoms with E-state index in [0.29, 0.717) is 24.7 Å². The number of carbonyl (C=O) groups excluding carboxylic acids is 2. The Labute approximate surface area is 169 Å². The first-order valence-electron chi connectivity index (χ1n) is 9.42. The SMILES string of the molecule is COc1cccc(OCCNC(=O)CNC(=O)Cc2cccc3ccccc23)c1. The smallest absolute Gasteiger partial charge is 0.239 e. The lowest BCUT2D eigenvalue weighted by atomic mass is 10.0. The van der Waals surface area contributed by atoms with Gasteiger partial charge in [0, 0.05) is 6.07 Å². The van der Waals surface area contributed by atoms with Crippen LogP contribution < -0.4 is 20.1 Å². The minimum Gasteiger partial charge on any atom is -0.497 e. The Morgan fingerprint density at radius 1 is 0.862 bits per heavy atom. The van der Waals surface area contributed by atoms with E-state index in [-0.39, 0.29) is 24.8 Å². The minimum atomic E-state index is -0.259. The molecular formula is C23H24N2O4. The maximum Gasteiger partial charge on any atom is 0.239 e. The fraction of sp³-hybridized carbons (Fsp3) is 0.217. The highest BCUT2D eigenvalue weighted by atomic mass is 16.5. The molecule has 29 heavy (non-hydrogen) atoms. The molecule has 0 aliphatic heterocycles. The first kappa shape index (κ1) is 20.2. The molecule has 3 rings (SSSR count). The summed E-state index contributed by atoms with van der Waals surface area (Å²) >= 11 is 0. The number of benzene rings is 3. The molecular weight excluding hydrogens is 368 g/mol. The third kappa shape index (κ3) is 5.97. The number of ether oxygens (including phenoxy) is 2. The Kier molecular flexibility index (Phi) is 7.05. The van der Waals surface area contributed by atoms with Crippen molar-refractivity contribution < 1.29 is 19.1 Å². The zero-order chi connectivity index (χ0) is 20.5. The lowest BCUT2D eigenvalue weighted by Gasteiger charge is -2.10. The summed E-state index contributed by atoms with van der Waals surface area (Å²) in [5, 5.41) is 7.52. The maximum atomic E-state index is 12.2. The summed E-state index contributed by atoms with van der Waals surface area (Å²) in [5.41, 5.74) is 0.938. The van der Waals surface area contributed by atoms with Gasteiger partial charge >= 0.3 is 0 Å². The van der Waals surface area contributed by atoms with E-state index in [1.807, 2.05) is 60.7 Å². The van der Waals surface area contributed by atoms with Gasteiger partial charge in [-0.3, -0.25) is 9.59 Å². The van der Waals surface area contributed by atoms with Crippen LogP contribution in [-0.4, -0.2) is 38.6 Å². The van der Waals surface area contributed by atoms with Crippen molar-refractivity contribution >= 4 is 22.6 Å². The van der Waals surface area contributed by atoms with Crippen molar-refractivity contribution in [3.05, 3.63) is 72.3 Å². The van der Waals surface area contributed by atoms with Gasteiger partial charge in [-0.25, -0.2) is 0 Å². The first-order valence-corrected chi connectivity index (χ1v) is 9.42. The summed E-state index contributed by atoms with van der Waals surface area (Å²) in [6.45, 7) is 0.598. The van der Waals surface area contributed by atoms with Crippen LogP contribution in [0.3, 0.4) is 0 Å². The van der Waals surface area contributed by atoms with Crippen LogP contribution in [0.15, 0.2) is 66.7 Å². The molecule has 6 heteroatoms. The van der Waals surface area contributed by atoms with E-state index < -0.39 is 0 Å². The van der Waals surface area contributed by atoms with Crippen LogP contribution in [-0.2, 0) is 16.0 Å². The monoisotopic (exact) mass is 392 g/mol. The number of carbonyl (C=O) groups is 2. The van der Waals surface area contributed by atoms with E-state index in [1.165, 1.54) is 0 Å². The van der Waals surface area contributed by atoms with Gasteiger partial charge in [0.05, 0.1) is 26.6 Å². The quantitative estimate of drug-likeness (QED) is 0.549. The van der Waals surface area contributed by atoms with Crippen LogP contribution in [0.5, 0.6) is 11.5 Å². The second-order valence-electron chi connectivity index (χ2n) is 6.47. The second kappa shape index (κ2) is 10.1. The Morgan fingerprint density at radius 3 is 2.48 bits per heavy atom. The third-order valence-electron chi connectivity index (χ3n) is 4.41. The van der Waals surface area contributed by atoms with Gasteiger partial charge in [0.25, 0.3) is 0 Å². The van der Waals surface area contributed by atoms with Crippen LogP contribution in [0.2, 0.25) is 0 Å². The highest BCUT2D eigenvalue weighted by Gasteiger charge is 2.08. The van der Waals surface area contributed by atoms with E-state index in [4.69, 9.17) is 9.47 Å². The van der Waals surface area contributed by atoms with Crippen molar-refractivity contribution in [2.24, 2.45) is 0 Å². The molecule has 0 unspecified atom stereocenters. The molecule has 2 N–H and O–H groups in total. The first-order chi connectivity index (χ1) is 14.2. The summed E-state index contributed by atoms with van der Waals surface area (Å²) in [4.78, 5) is 24.1. The largest absolute Gasteiger partial charge is 0.497 e. The van der Waals surface area contributed by atoms with Crippen LogP contribution >= 0.6 is 0 Å². The van der Waals surface area contributed by atoms with Gasteiger partial charge in [0.15, 0.2) is 0 Å². The molecule has 6 nitrogen and oxygen atoms in total. The van der Waals surface area contributed by atoms with Gasteiger partial charge in [-0.1, -0.05) is 48.5 Å².